The fourth-order valence-corrected chi connectivity index (χ4v) is 5.41. The topological polar surface area (TPSA) is 79.5 Å². The summed E-state index contributed by atoms with van der Waals surface area (Å²) in [6.45, 7) is 2.36. The van der Waals surface area contributed by atoms with Crippen LogP contribution in [0.5, 0.6) is 0 Å². The third-order valence-electron chi connectivity index (χ3n) is 7.12. The number of piperidine rings is 1. The van der Waals surface area contributed by atoms with E-state index in [2.05, 4.69) is 52.4 Å². The summed E-state index contributed by atoms with van der Waals surface area (Å²) in [6.07, 6.45) is 4.92. The maximum Gasteiger partial charge on any atom is 0.407 e. The van der Waals surface area contributed by atoms with Crippen LogP contribution >= 0.6 is 0 Å². The van der Waals surface area contributed by atoms with Gasteiger partial charge >= 0.3 is 6.09 Å². The highest BCUT2D eigenvalue weighted by molar-refractivity contribution is 5.88. The van der Waals surface area contributed by atoms with Gasteiger partial charge in [-0.3, -0.25) is 4.98 Å². The number of rotatable bonds is 3. The van der Waals surface area contributed by atoms with Crippen molar-refractivity contribution in [3.05, 3.63) is 95.3 Å². The minimum Gasteiger partial charge on any atom is -0.465 e. The summed E-state index contributed by atoms with van der Waals surface area (Å²) in [5.74, 6) is 1.48. The second-order valence-corrected chi connectivity index (χ2v) is 9.18. The first-order valence-corrected chi connectivity index (χ1v) is 11.7. The lowest BCUT2D eigenvalue weighted by Crippen LogP contribution is -2.39. The molecule has 6 heteroatoms. The molecule has 1 N–H and O–H groups in total. The van der Waals surface area contributed by atoms with Gasteiger partial charge in [-0.15, -0.1) is 0 Å². The molecule has 6 rings (SSSR count). The average molecular weight is 452 g/mol. The number of nitrogens with zero attached hydrogens (tertiary/aromatic N) is 3. The molecule has 1 aliphatic heterocycles. The summed E-state index contributed by atoms with van der Waals surface area (Å²) >= 11 is 0. The molecule has 1 aliphatic carbocycles. The number of fused-ring (bicyclic) bond motifs is 3. The number of amides is 1. The van der Waals surface area contributed by atoms with Crippen molar-refractivity contribution in [1.29, 1.82) is 0 Å². The van der Waals surface area contributed by atoms with Crippen molar-refractivity contribution in [3.8, 4) is 22.5 Å². The molecule has 1 fully saturated rings. The van der Waals surface area contributed by atoms with E-state index < -0.39 is 6.09 Å². The van der Waals surface area contributed by atoms with Crippen LogP contribution in [-0.2, 0) is 6.42 Å². The average Bonchev–Trinajstić information content (AvgIpc) is 3.49. The Morgan fingerprint density at radius 3 is 2.65 bits per heavy atom. The van der Waals surface area contributed by atoms with Gasteiger partial charge in [-0.1, -0.05) is 48.5 Å². The number of hydrogen-bond acceptors (Lipinski definition) is 4. The SMILES string of the molecule is Cc1ccc(C2CC(c3ncc(-c4cccc5c4-c4ccccc4C5)o3)CCN2C(=O)O)cn1. The van der Waals surface area contributed by atoms with Crippen LogP contribution < -0.4 is 0 Å². The molecule has 2 unspecified atom stereocenters. The van der Waals surface area contributed by atoms with Crippen LogP contribution in [0.3, 0.4) is 0 Å². The van der Waals surface area contributed by atoms with Gasteiger partial charge < -0.3 is 14.4 Å². The molecule has 2 atom stereocenters. The molecular formula is C28H25N3O3. The van der Waals surface area contributed by atoms with Crippen molar-refractivity contribution in [2.24, 2.45) is 0 Å². The zero-order chi connectivity index (χ0) is 23.2. The quantitative estimate of drug-likeness (QED) is 0.352. The summed E-state index contributed by atoms with van der Waals surface area (Å²) in [6, 6.07) is 18.5. The molecule has 0 saturated carbocycles. The van der Waals surface area contributed by atoms with Gasteiger partial charge in [0.2, 0.25) is 0 Å². The Morgan fingerprint density at radius 1 is 1.00 bits per heavy atom. The molecule has 4 aromatic rings. The van der Waals surface area contributed by atoms with Crippen molar-refractivity contribution < 1.29 is 14.3 Å². The van der Waals surface area contributed by atoms with Crippen molar-refractivity contribution in [2.75, 3.05) is 6.54 Å². The van der Waals surface area contributed by atoms with Gasteiger partial charge in [0.05, 0.1) is 12.2 Å². The van der Waals surface area contributed by atoms with Gasteiger partial charge in [-0.05, 0) is 60.1 Å². The summed E-state index contributed by atoms with van der Waals surface area (Å²) in [4.78, 5) is 22.5. The van der Waals surface area contributed by atoms with Crippen LogP contribution in [0, 0.1) is 6.92 Å². The van der Waals surface area contributed by atoms with Gasteiger partial charge in [-0.25, -0.2) is 9.78 Å². The minimum absolute atomic E-state index is 0.0414. The van der Waals surface area contributed by atoms with Gasteiger partial charge in [0.15, 0.2) is 11.7 Å². The van der Waals surface area contributed by atoms with E-state index >= 15 is 0 Å². The minimum atomic E-state index is -0.907. The lowest BCUT2D eigenvalue weighted by molar-refractivity contribution is 0.0970. The third-order valence-corrected chi connectivity index (χ3v) is 7.12. The number of benzene rings is 2. The molecule has 1 saturated heterocycles. The van der Waals surface area contributed by atoms with Crippen molar-refractivity contribution >= 4 is 6.09 Å². The molecule has 6 nitrogen and oxygen atoms in total. The van der Waals surface area contributed by atoms with Crippen LogP contribution in [-0.4, -0.2) is 32.6 Å². The third kappa shape index (κ3) is 3.46. The highest BCUT2D eigenvalue weighted by Crippen LogP contribution is 2.44. The molecule has 2 aromatic carbocycles. The Kier molecular flexibility index (Phi) is 4.94. The van der Waals surface area contributed by atoms with Gasteiger partial charge in [-0.2, -0.15) is 0 Å². The molecule has 2 aliphatic rings. The number of pyridine rings is 1. The fraction of sp³-hybridized carbons (Fsp3) is 0.250. The second kappa shape index (κ2) is 8.13. The first kappa shape index (κ1) is 20.7. The number of aromatic nitrogens is 2. The Balaban J connectivity index is 1.32. The van der Waals surface area contributed by atoms with Crippen LogP contribution in [0.4, 0.5) is 4.79 Å². The molecule has 34 heavy (non-hydrogen) atoms. The molecular weight excluding hydrogens is 426 g/mol. The smallest absolute Gasteiger partial charge is 0.407 e. The van der Waals surface area contributed by atoms with Crippen molar-refractivity contribution in [1.82, 2.24) is 14.9 Å². The molecule has 170 valence electrons. The zero-order valence-electron chi connectivity index (χ0n) is 18.9. The molecule has 0 bridgehead atoms. The highest BCUT2D eigenvalue weighted by atomic mass is 16.4. The number of oxazole rings is 1. The number of carbonyl (C=O) groups is 1. The maximum atomic E-state index is 11.9. The van der Waals surface area contributed by atoms with E-state index in [4.69, 9.17) is 4.42 Å². The number of hydrogen-bond donors (Lipinski definition) is 1. The van der Waals surface area contributed by atoms with Crippen molar-refractivity contribution in [2.45, 2.75) is 38.1 Å². The van der Waals surface area contributed by atoms with Crippen molar-refractivity contribution in [3.63, 3.8) is 0 Å². The maximum absolute atomic E-state index is 11.9. The predicted molar refractivity (Wildman–Crippen MR) is 129 cm³/mol. The first-order chi connectivity index (χ1) is 16.6. The van der Waals surface area contributed by atoms with Gasteiger partial charge in [0.25, 0.3) is 0 Å². The molecule has 0 radical (unpaired) electrons. The van der Waals surface area contributed by atoms with E-state index in [0.717, 1.165) is 29.0 Å². The lowest BCUT2D eigenvalue weighted by Gasteiger charge is -2.36. The van der Waals surface area contributed by atoms with E-state index in [0.29, 0.717) is 25.3 Å². The van der Waals surface area contributed by atoms with Gasteiger partial charge in [0.1, 0.15) is 0 Å². The van der Waals surface area contributed by atoms with E-state index in [1.165, 1.54) is 27.2 Å². The monoisotopic (exact) mass is 451 g/mol. The number of carboxylic acid groups (broad SMARTS) is 1. The zero-order valence-corrected chi connectivity index (χ0v) is 18.9. The normalized spacial score (nSPS) is 19.0. The summed E-state index contributed by atoms with van der Waals surface area (Å²) in [5.41, 5.74) is 7.99. The predicted octanol–water partition coefficient (Wildman–Crippen LogP) is 6.21. The van der Waals surface area contributed by atoms with Crippen LogP contribution in [0.2, 0.25) is 0 Å². The van der Waals surface area contributed by atoms with Crippen LogP contribution in [0.1, 0.15) is 53.1 Å². The standard InChI is InChI=1S/C28H25N3O3/c1-17-9-10-21(15-29-17)24-14-20(11-12-31(24)28(32)33)27-30-16-25(34-27)23-8-4-6-19-13-18-5-2-3-7-22(18)26(19)23/h2-10,15-16,20,24H,11-14H2,1H3,(H,32,33). The Morgan fingerprint density at radius 2 is 1.82 bits per heavy atom. The second-order valence-electron chi connectivity index (χ2n) is 9.18. The van der Waals surface area contributed by atoms with E-state index in [1.807, 2.05) is 25.3 Å². The van der Waals surface area contributed by atoms with E-state index in [-0.39, 0.29) is 12.0 Å². The number of likely N-dealkylation sites (tertiary alicyclic amines) is 1. The summed E-state index contributed by atoms with van der Waals surface area (Å²) in [5, 5.41) is 9.77. The Labute approximate surface area is 197 Å². The Bertz CT molecular complexity index is 1380. The fourth-order valence-electron chi connectivity index (χ4n) is 5.41. The van der Waals surface area contributed by atoms with E-state index in [9.17, 15) is 9.90 Å². The molecule has 1 amide bonds. The van der Waals surface area contributed by atoms with Gasteiger partial charge in [0, 0.05) is 29.9 Å². The molecule has 3 heterocycles. The molecule has 2 aromatic heterocycles. The lowest BCUT2D eigenvalue weighted by atomic mass is 9.87. The summed E-state index contributed by atoms with van der Waals surface area (Å²) in [7, 11) is 0. The van der Waals surface area contributed by atoms with E-state index in [1.54, 1.807) is 6.20 Å². The highest BCUT2D eigenvalue weighted by Gasteiger charge is 2.35. The Hall–Kier alpha value is -3.93. The molecule has 0 spiro atoms. The first-order valence-electron chi connectivity index (χ1n) is 11.7. The van der Waals surface area contributed by atoms with Crippen LogP contribution in [0.25, 0.3) is 22.5 Å². The summed E-state index contributed by atoms with van der Waals surface area (Å²) < 4.78 is 6.36. The van der Waals surface area contributed by atoms with Crippen LogP contribution in [0.15, 0.2) is 71.4 Å². The number of aryl methyl sites for hydroxylation is 1. The largest absolute Gasteiger partial charge is 0.465 e.